The number of sulfonamides is 1. The first-order valence-electron chi connectivity index (χ1n) is 2.85. The zero-order valence-corrected chi connectivity index (χ0v) is 7.11. The van der Waals surface area contributed by atoms with Crippen LogP contribution in [0.25, 0.3) is 0 Å². The summed E-state index contributed by atoms with van der Waals surface area (Å²) in [5, 5.41) is 0. The number of nitrogens with zero attached hydrogens (tertiary/aromatic N) is 1. The van der Waals surface area contributed by atoms with Gasteiger partial charge in [0.2, 0.25) is 10.0 Å². The van der Waals surface area contributed by atoms with E-state index in [0.29, 0.717) is 13.1 Å². The molecule has 0 radical (unpaired) electrons. The molecular weight excluding hydrogens is 176 g/mol. The maximum Gasteiger partial charge on any atom is 0.209 e. The topological polar surface area (TPSA) is 49.4 Å². The minimum atomic E-state index is -3.04. The minimum absolute atomic E-state index is 0.00694. The molecule has 1 fully saturated rings. The number of nitrogens with one attached hydrogen (secondary N) is 1. The van der Waals surface area contributed by atoms with E-state index in [9.17, 15) is 8.42 Å². The highest BCUT2D eigenvalue weighted by molar-refractivity contribution is 7.88. The molecule has 0 amide bonds. The Labute approximate surface area is 65.3 Å². The summed E-state index contributed by atoms with van der Waals surface area (Å²) >= 11 is 5.47. The van der Waals surface area contributed by atoms with Crippen molar-refractivity contribution >= 4 is 21.8 Å². The van der Waals surface area contributed by atoms with Crippen LogP contribution >= 0.6 is 11.8 Å². The van der Waals surface area contributed by atoms with Gasteiger partial charge in [0, 0.05) is 19.1 Å². The predicted octanol–water partition coefficient (Wildman–Crippen LogP) is -0.626. The Bertz CT molecular complexity index is 209. The summed E-state index contributed by atoms with van der Waals surface area (Å²) in [6.07, 6.45) is 1.14. The molecule has 0 bridgehead atoms. The fraction of sp³-hybridized carbons (Fsp3) is 1.00. The van der Waals surface area contributed by atoms with E-state index in [1.807, 2.05) is 0 Å². The summed E-state index contributed by atoms with van der Waals surface area (Å²) < 4.78 is 25.1. The molecule has 1 heterocycles. The lowest BCUT2D eigenvalue weighted by atomic mass is 10.2. The second-order valence-electron chi connectivity index (χ2n) is 2.41. The van der Waals surface area contributed by atoms with Crippen LogP contribution in [0.4, 0.5) is 0 Å². The van der Waals surface area contributed by atoms with E-state index in [0.717, 1.165) is 6.26 Å². The van der Waals surface area contributed by atoms with Crippen LogP contribution in [0.1, 0.15) is 0 Å². The Balaban J connectivity index is 2.30. The number of hydrogen-bond acceptors (Lipinski definition) is 3. The monoisotopic (exact) mass is 184 g/mol. The highest BCUT2D eigenvalue weighted by atomic mass is 35.5. The molecule has 1 saturated heterocycles. The molecule has 0 aromatic rings. The predicted molar refractivity (Wildman–Crippen MR) is 39.2 cm³/mol. The van der Waals surface area contributed by atoms with Gasteiger partial charge in [-0.1, -0.05) is 0 Å². The average Bonchev–Trinajstić information content (AvgIpc) is 1.57. The van der Waals surface area contributed by atoms with E-state index in [1.165, 1.54) is 4.42 Å². The van der Waals surface area contributed by atoms with Crippen molar-refractivity contribution in [3.63, 3.8) is 0 Å². The van der Waals surface area contributed by atoms with Crippen molar-refractivity contribution in [2.75, 3.05) is 19.3 Å². The molecule has 60 valence electrons. The van der Waals surface area contributed by atoms with Gasteiger partial charge in [-0.3, -0.25) is 0 Å². The third-order valence-corrected chi connectivity index (χ3v) is 2.26. The van der Waals surface area contributed by atoms with Crippen LogP contribution in [0.2, 0.25) is 0 Å². The van der Waals surface area contributed by atoms with Gasteiger partial charge < -0.3 is 0 Å². The van der Waals surface area contributed by atoms with Crippen molar-refractivity contribution in [2.45, 2.75) is 6.04 Å². The van der Waals surface area contributed by atoms with Crippen LogP contribution in [-0.4, -0.2) is 38.2 Å². The van der Waals surface area contributed by atoms with Crippen LogP contribution in [0.3, 0.4) is 0 Å². The first-order valence-corrected chi connectivity index (χ1v) is 5.08. The van der Waals surface area contributed by atoms with Gasteiger partial charge in [-0.15, -0.1) is 0 Å². The van der Waals surface area contributed by atoms with E-state index in [-0.39, 0.29) is 6.04 Å². The molecule has 0 spiro atoms. The van der Waals surface area contributed by atoms with Gasteiger partial charge in [0.15, 0.2) is 0 Å². The summed E-state index contributed by atoms with van der Waals surface area (Å²) in [6.45, 7) is 1.18. The minimum Gasteiger partial charge on any atom is -0.217 e. The van der Waals surface area contributed by atoms with Gasteiger partial charge in [-0.05, 0) is 11.8 Å². The fourth-order valence-electron chi connectivity index (χ4n) is 0.802. The molecule has 4 nitrogen and oxygen atoms in total. The smallest absolute Gasteiger partial charge is 0.209 e. The summed E-state index contributed by atoms with van der Waals surface area (Å²) in [6, 6.07) is 0.00694. The molecule has 0 unspecified atom stereocenters. The van der Waals surface area contributed by atoms with E-state index in [4.69, 9.17) is 11.8 Å². The average molecular weight is 185 g/mol. The van der Waals surface area contributed by atoms with Gasteiger partial charge in [-0.2, -0.15) is 0 Å². The van der Waals surface area contributed by atoms with Gasteiger partial charge in [0.1, 0.15) is 0 Å². The molecular formula is C4H9ClN2O2S. The quantitative estimate of drug-likeness (QED) is 0.582. The number of halogens is 1. The van der Waals surface area contributed by atoms with Crippen LogP contribution in [-0.2, 0) is 10.0 Å². The van der Waals surface area contributed by atoms with E-state index in [1.54, 1.807) is 0 Å². The first kappa shape index (κ1) is 8.26. The second-order valence-corrected chi connectivity index (χ2v) is 4.67. The molecule has 1 N–H and O–H groups in total. The third-order valence-electron chi connectivity index (χ3n) is 1.22. The van der Waals surface area contributed by atoms with Gasteiger partial charge in [0.25, 0.3) is 0 Å². The molecule has 0 atom stereocenters. The third kappa shape index (κ3) is 2.42. The Morgan fingerprint density at radius 1 is 1.60 bits per heavy atom. The van der Waals surface area contributed by atoms with Crippen molar-refractivity contribution in [3.8, 4) is 0 Å². The van der Waals surface area contributed by atoms with Gasteiger partial charge in [0.05, 0.1) is 6.26 Å². The first-order chi connectivity index (χ1) is 4.47. The molecule has 0 aromatic heterocycles. The SMILES string of the molecule is CS(=O)(=O)NC1CN(Cl)C1. The molecule has 10 heavy (non-hydrogen) atoms. The van der Waals surface area contributed by atoms with Gasteiger partial charge in [-0.25, -0.2) is 17.6 Å². The van der Waals surface area contributed by atoms with Crippen molar-refractivity contribution in [1.29, 1.82) is 0 Å². The highest BCUT2D eigenvalue weighted by Crippen LogP contribution is 2.09. The number of hydrogen-bond donors (Lipinski definition) is 1. The molecule has 0 aliphatic carbocycles. The summed E-state index contributed by atoms with van der Waals surface area (Å²) in [7, 11) is -3.04. The van der Waals surface area contributed by atoms with Crippen LogP contribution in [0.15, 0.2) is 0 Å². The van der Waals surface area contributed by atoms with Crippen molar-refractivity contribution < 1.29 is 8.42 Å². The lowest BCUT2D eigenvalue weighted by Gasteiger charge is -2.33. The lowest BCUT2D eigenvalue weighted by Crippen LogP contribution is -2.55. The molecule has 1 aliphatic rings. The largest absolute Gasteiger partial charge is 0.217 e. The Morgan fingerprint density at radius 2 is 2.10 bits per heavy atom. The summed E-state index contributed by atoms with van der Waals surface area (Å²) in [5.74, 6) is 0. The summed E-state index contributed by atoms with van der Waals surface area (Å²) in [4.78, 5) is 0. The normalized spacial score (nSPS) is 22.6. The van der Waals surface area contributed by atoms with E-state index < -0.39 is 10.0 Å². The van der Waals surface area contributed by atoms with Crippen molar-refractivity contribution in [3.05, 3.63) is 0 Å². The Morgan fingerprint density at radius 3 is 2.40 bits per heavy atom. The second kappa shape index (κ2) is 2.65. The van der Waals surface area contributed by atoms with Crippen LogP contribution in [0.5, 0.6) is 0 Å². The van der Waals surface area contributed by atoms with Crippen molar-refractivity contribution in [1.82, 2.24) is 9.14 Å². The summed E-state index contributed by atoms with van der Waals surface area (Å²) in [5.41, 5.74) is 0. The zero-order chi connectivity index (χ0) is 7.78. The molecule has 0 saturated carbocycles. The lowest BCUT2D eigenvalue weighted by molar-refractivity contribution is 0.262. The van der Waals surface area contributed by atoms with Crippen molar-refractivity contribution in [2.24, 2.45) is 0 Å². The fourth-order valence-corrected chi connectivity index (χ4v) is 1.89. The number of rotatable bonds is 2. The van der Waals surface area contributed by atoms with Gasteiger partial charge >= 0.3 is 0 Å². The molecule has 1 rings (SSSR count). The maximum atomic E-state index is 10.6. The molecule has 6 heteroatoms. The maximum absolute atomic E-state index is 10.6. The standard InChI is InChI=1S/C4H9ClN2O2S/c1-10(8,9)6-4-2-7(5)3-4/h4,6H,2-3H2,1H3. The highest BCUT2D eigenvalue weighted by Gasteiger charge is 2.27. The molecule has 1 aliphatic heterocycles. The van der Waals surface area contributed by atoms with E-state index >= 15 is 0 Å². The molecule has 0 aromatic carbocycles. The Kier molecular flexibility index (Phi) is 2.19. The van der Waals surface area contributed by atoms with Crippen LogP contribution < -0.4 is 4.72 Å². The van der Waals surface area contributed by atoms with E-state index in [2.05, 4.69) is 4.72 Å². The Hall–Kier alpha value is 0.160. The zero-order valence-electron chi connectivity index (χ0n) is 5.54. The van der Waals surface area contributed by atoms with Crippen LogP contribution in [0, 0.1) is 0 Å².